The van der Waals surface area contributed by atoms with Crippen LogP contribution in [0.4, 0.5) is 0 Å². The average molecular weight is 459 g/mol. The molecule has 1 N–H and O–H groups in total. The summed E-state index contributed by atoms with van der Waals surface area (Å²) in [7, 11) is 3.68. The second-order valence-electron chi connectivity index (χ2n) is 8.35. The molecule has 0 saturated carbocycles. The Labute approximate surface area is 191 Å². The topological polar surface area (TPSA) is 59.4 Å². The largest absolute Gasteiger partial charge is 0.497 e. The molecule has 8 heteroatoms. The molecule has 0 aliphatic carbocycles. The number of hydrogen-bond acceptors (Lipinski definition) is 4. The summed E-state index contributed by atoms with van der Waals surface area (Å²) in [5.74, 6) is 2.28. The summed E-state index contributed by atoms with van der Waals surface area (Å²) in [6.45, 7) is 1.45. The maximum Gasteiger partial charge on any atom is 0.237 e. The highest BCUT2D eigenvalue weighted by atomic mass is 35.5. The molecule has 31 heavy (non-hydrogen) atoms. The summed E-state index contributed by atoms with van der Waals surface area (Å²) in [5, 5.41) is 4.16. The maximum atomic E-state index is 12.9. The fourth-order valence-electron chi connectivity index (χ4n) is 5.00. The molecule has 6 nitrogen and oxygen atoms in total. The van der Waals surface area contributed by atoms with Crippen LogP contribution in [0, 0.1) is 5.92 Å². The van der Waals surface area contributed by atoms with E-state index in [-0.39, 0.29) is 18.0 Å². The van der Waals surface area contributed by atoms with Crippen LogP contribution in [0.25, 0.3) is 11.0 Å². The Morgan fingerprint density at radius 3 is 2.71 bits per heavy atom. The number of likely N-dealkylation sites (tertiary alicyclic amines) is 1. The highest BCUT2D eigenvalue weighted by molar-refractivity contribution is 6.42. The number of hydrogen-bond donors (Lipinski definition) is 1. The quantitative estimate of drug-likeness (QED) is 0.625. The van der Waals surface area contributed by atoms with E-state index >= 15 is 0 Å². The molecule has 3 unspecified atom stereocenters. The predicted octanol–water partition coefficient (Wildman–Crippen LogP) is 4.09. The predicted molar refractivity (Wildman–Crippen MR) is 122 cm³/mol. The number of imidazole rings is 1. The third kappa shape index (κ3) is 3.56. The second-order valence-corrected chi connectivity index (χ2v) is 9.16. The van der Waals surface area contributed by atoms with E-state index in [0.717, 1.165) is 42.0 Å². The number of nitrogens with one attached hydrogen (secondary N) is 1. The van der Waals surface area contributed by atoms with Crippen LogP contribution in [0.3, 0.4) is 0 Å². The van der Waals surface area contributed by atoms with Crippen LogP contribution in [-0.2, 0) is 17.8 Å². The summed E-state index contributed by atoms with van der Waals surface area (Å²) in [4.78, 5) is 19.9. The molecule has 3 aromatic rings. The van der Waals surface area contributed by atoms with Gasteiger partial charge in [0.25, 0.3) is 0 Å². The van der Waals surface area contributed by atoms with Gasteiger partial charge in [-0.25, -0.2) is 4.98 Å². The number of nitrogens with zero attached hydrogens (tertiary/aromatic N) is 3. The Morgan fingerprint density at radius 2 is 1.97 bits per heavy atom. The van der Waals surface area contributed by atoms with Gasteiger partial charge in [-0.3, -0.25) is 9.69 Å². The van der Waals surface area contributed by atoms with Crippen LogP contribution < -0.4 is 10.1 Å². The number of halogens is 2. The lowest BCUT2D eigenvalue weighted by molar-refractivity contribution is -0.125. The minimum Gasteiger partial charge on any atom is -0.497 e. The third-order valence-corrected chi connectivity index (χ3v) is 7.30. The SMILES string of the molecule is COc1ccc(CCNC(=O)C2CC3Cn4c(nc5cc(Cl)c(Cl)cc54)C3N2C)cc1. The van der Waals surface area contributed by atoms with E-state index in [4.69, 9.17) is 32.9 Å². The summed E-state index contributed by atoms with van der Waals surface area (Å²) in [6.07, 6.45) is 1.61. The Bertz CT molecular complexity index is 1140. The standard InChI is InChI=1S/C23H24Cl2N4O2/c1-28-20(23(30)26-8-7-13-3-5-15(31-2)6-4-13)9-14-12-29-19-11-17(25)16(24)10-18(19)27-22(29)21(14)28/h3-6,10-11,14,20-21H,7-9,12H2,1-2H3,(H,26,30). The van der Waals surface area contributed by atoms with E-state index in [1.165, 1.54) is 5.56 Å². The summed E-state index contributed by atoms with van der Waals surface area (Å²) < 4.78 is 7.41. The fourth-order valence-corrected chi connectivity index (χ4v) is 5.31. The van der Waals surface area contributed by atoms with Gasteiger partial charge in [-0.15, -0.1) is 0 Å². The zero-order chi connectivity index (χ0) is 21.7. The van der Waals surface area contributed by atoms with Gasteiger partial charge in [-0.1, -0.05) is 35.3 Å². The van der Waals surface area contributed by atoms with Crippen LogP contribution in [0.15, 0.2) is 36.4 Å². The number of fused-ring (bicyclic) bond motifs is 5. The van der Waals surface area contributed by atoms with Crippen molar-refractivity contribution < 1.29 is 9.53 Å². The van der Waals surface area contributed by atoms with Crippen molar-refractivity contribution in [2.24, 2.45) is 5.92 Å². The summed E-state index contributed by atoms with van der Waals surface area (Å²) >= 11 is 12.4. The Kier molecular flexibility index (Phi) is 5.32. The first-order valence-corrected chi connectivity index (χ1v) is 11.2. The third-order valence-electron chi connectivity index (χ3n) is 6.58. The van der Waals surface area contributed by atoms with Crippen molar-refractivity contribution in [1.82, 2.24) is 19.8 Å². The van der Waals surface area contributed by atoms with Gasteiger partial charge in [0.15, 0.2) is 0 Å². The molecule has 1 aromatic heterocycles. The van der Waals surface area contributed by atoms with Gasteiger partial charge in [0, 0.05) is 19.0 Å². The zero-order valence-corrected chi connectivity index (χ0v) is 19.0. The molecule has 3 heterocycles. The monoisotopic (exact) mass is 458 g/mol. The van der Waals surface area contributed by atoms with Crippen molar-refractivity contribution in [3.05, 3.63) is 57.8 Å². The van der Waals surface area contributed by atoms with Gasteiger partial charge in [0.1, 0.15) is 11.6 Å². The summed E-state index contributed by atoms with van der Waals surface area (Å²) in [6, 6.07) is 11.6. The van der Waals surface area contributed by atoms with E-state index in [1.54, 1.807) is 7.11 Å². The number of carbonyl (C=O) groups excluding carboxylic acids is 1. The lowest BCUT2D eigenvalue weighted by atomic mass is 10.0. The fraction of sp³-hybridized carbons (Fsp3) is 0.391. The van der Waals surface area contributed by atoms with Crippen molar-refractivity contribution in [3.63, 3.8) is 0 Å². The van der Waals surface area contributed by atoms with Gasteiger partial charge in [-0.2, -0.15) is 0 Å². The van der Waals surface area contributed by atoms with Crippen molar-refractivity contribution in [1.29, 1.82) is 0 Å². The molecule has 1 fully saturated rings. The molecule has 0 radical (unpaired) electrons. The molecule has 2 aliphatic rings. The van der Waals surface area contributed by atoms with Crippen LogP contribution in [0.5, 0.6) is 5.75 Å². The zero-order valence-electron chi connectivity index (χ0n) is 17.4. The molecule has 162 valence electrons. The lowest BCUT2D eigenvalue weighted by Gasteiger charge is -2.23. The van der Waals surface area contributed by atoms with Gasteiger partial charge in [-0.05, 0) is 49.7 Å². The van der Waals surface area contributed by atoms with Crippen molar-refractivity contribution >= 4 is 40.1 Å². The highest BCUT2D eigenvalue weighted by Crippen LogP contribution is 2.47. The van der Waals surface area contributed by atoms with Crippen molar-refractivity contribution in [2.45, 2.75) is 31.5 Å². The lowest BCUT2D eigenvalue weighted by Crippen LogP contribution is -2.42. The van der Waals surface area contributed by atoms with Crippen LogP contribution in [0.1, 0.15) is 23.9 Å². The van der Waals surface area contributed by atoms with E-state index in [1.807, 2.05) is 43.4 Å². The first-order valence-electron chi connectivity index (χ1n) is 10.4. The van der Waals surface area contributed by atoms with E-state index in [9.17, 15) is 4.79 Å². The maximum absolute atomic E-state index is 12.9. The number of likely N-dealkylation sites (N-methyl/N-ethyl adjacent to an activating group) is 1. The molecule has 0 bridgehead atoms. The molecule has 1 saturated heterocycles. The number of aromatic nitrogens is 2. The molecule has 2 aromatic carbocycles. The highest BCUT2D eigenvalue weighted by Gasteiger charge is 2.48. The van der Waals surface area contributed by atoms with Gasteiger partial charge < -0.3 is 14.6 Å². The minimum atomic E-state index is -0.147. The van der Waals surface area contributed by atoms with Gasteiger partial charge >= 0.3 is 0 Å². The Balaban J connectivity index is 1.25. The van der Waals surface area contributed by atoms with E-state index < -0.39 is 0 Å². The average Bonchev–Trinajstić information content (AvgIpc) is 3.38. The number of ether oxygens (including phenoxy) is 1. The Hall–Kier alpha value is -2.28. The van der Waals surface area contributed by atoms with Crippen molar-refractivity contribution in [2.75, 3.05) is 20.7 Å². The smallest absolute Gasteiger partial charge is 0.237 e. The van der Waals surface area contributed by atoms with E-state index in [2.05, 4.69) is 14.8 Å². The van der Waals surface area contributed by atoms with Crippen LogP contribution in [-0.4, -0.2) is 47.1 Å². The van der Waals surface area contributed by atoms with E-state index in [0.29, 0.717) is 22.5 Å². The van der Waals surface area contributed by atoms with Gasteiger partial charge in [0.2, 0.25) is 5.91 Å². The van der Waals surface area contributed by atoms with Crippen molar-refractivity contribution in [3.8, 4) is 5.75 Å². The normalized spacial score (nSPS) is 22.5. The first-order chi connectivity index (χ1) is 15.0. The molecular weight excluding hydrogens is 435 g/mol. The number of amides is 1. The molecule has 5 rings (SSSR count). The minimum absolute atomic E-state index is 0.0826. The molecule has 1 amide bonds. The number of rotatable bonds is 5. The van der Waals surface area contributed by atoms with Crippen LogP contribution in [0.2, 0.25) is 10.0 Å². The summed E-state index contributed by atoms with van der Waals surface area (Å²) in [5.41, 5.74) is 3.03. The molecule has 2 aliphatic heterocycles. The second kappa shape index (κ2) is 8.01. The number of benzene rings is 2. The number of methoxy groups -OCH3 is 1. The Morgan fingerprint density at radius 1 is 1.23 bits per heavy atom. The molecule has 0 spiro atoms. The van der Waals surface area contributed by atoms with Crippen LogP contribution >= 0.6 is 23.2 Å². The number of carbonyl (C=O) groups is 1. The van der Waals surface area contributed by atoms with Gasteiger partial charge in [0.05, 0.1) is 40.3 Å². The molecular formula is C23H24Cl2N4O2. The molecule has 3 atom stereocenters. The first kappa shape index (κ1) is 20.6.